The van der Waals surface area contributed by atoms with Gasteiger partial charge >= 0.3 is 5.97 Å². The van der Waals surface area contributed by atoms with Gasteiger partial charge in [-0.25, -0.2) is 14.6 Å². The molecule has 0 saturated heterocycles. The summed E-state index contributed by atoms with van der Waals surface area (Å²) >= 11 is 0. The minimum Gasteiger partial charge on any atom is -0.507 e. The summed E-state index contributed by atoms with van der Waals surface area (Å²) in [5.74, 6) is -1.71. The Morgan fingerprint density at radius 2 is 1.66 bits per heavy atom. The third kappa shape index (κ3) is 4.79. The van der Waals surface area contributed by atoms with Crippen LogP contribution in [0.1, 0.15) is 26.3 Å². The third-order valence-electron chi connectivity index (χ3n) is 4.62. The van der Waals surface area contributed by atoms with Crippen molar-refractivity contribution in [2.75, 3.05) is 0 Å². The number of nitrogens with one attached hydrogen (secondary N) is 1. The van der Waals surface area contributed by atoms with E-state index in [1.165, 1.54) is 30.5 Å². The van der Waals surface area contributed by atoms with Gasteiger partial charge in [-0.05, 0) is 58.8 Å². The van der Waals surface area contributed by atoms with Crippen LogP contribution in [0.25, 0.3) is 10.8 Å². The number of phenolic OH excluding ortho intramolecular Hbond substituents is 1. The number of carbonyl (C=O) groups is 2. The van der Waals surface area contributed by atoms with Crippen molar-refractivity contribution in [3.8, 4) is 11.5 Å². The molecule has 32 heavy (non-hydrogen) atoms. The predicted octanol–water partition coefficient (Wildman–Crippen LogP) is 4.67. The fraction of sp³-hybridized carbons (Fsp3) is 0. The Kier molecular flexibility index (Phi) is 5.89. The van der Waals surface area contributed by atoms with Crippen molar-refractivity contribution in [2.45, 2.75) is 0 Å². The van der Waals surface area contributed by atoms with Crippen LogP contribution in [0.4, 0.5) is 4.39 Å². The van der Waals surface area contributed by atoms with Gasteiger partial charge in [0.15, 0.2) is 0 Å². The number of halogens is 1. The van der Waals surface area contributed by atoms with Crippen LogP contribution in [0.2, 0.25) is 0 Å². The molecule has 4 rings (SSSR count). The maximum atomic E-state index is 13.3. The summed E-state index contributed by atoms with van der Waals surface area (Å²) in [6.07, 6.45) is 1.37. The van der Waals surface area contributed by atoms with Crippen LogP contribution < -0.4 is 10.2 Å². The largest absolute Gasteiger partial charge is 0.507 e. The minimum atomic E-state index is -0.696. The Morgan fingerprint density at radius 3 is 2.44 bits per heavy atom. The fourth-order valence-corrected chi connectivity index (χ4v) is 3.08. The standard InChI is InChI=1S/C25H17FN2O4/c26-20-9-4-8-19(12-20)25(31)32-21-10-3-5-16(11-21)15-27-28-24(30)22-13-17-6-1-2-7-18(17)14-23(22)29/h1-15,29H,(H,28,30)/b27-15+. The van der Waals surface area contributed by atoms with E-state index in [4.69, 9.17) is 4.74 Å². The lowest BCUT2D eigenvalue weighted by Gasteiger charge is -2.06. The molecule has 0 radical (unpaired) electrons. The van der Waals surface area contributed by atoms with Crippen LogP contribution in [-0.4, -0.2) is 23.2 Å². The summed E-state index contributed by atoms with van der Waals surface area (Å²) in [6, 6.07) is 22.1. The third-order valence-corrected chi connectivity index (χ3v) is 4.62. The summed E-state index contributed by atoms with van der Waals surface area (Å²) < 4.78 is 18.5. The zero-order valence-corrected chi connectivity index (χ0v) is 16.7. The second-order valence-electron chi connectivity index (χ2n) is 6.89. The van der Waals surface area contributed by atoms with E-state index >= 15 is 0 Å². The zero-order valence-electron chi connectivity index (χ0n) is 16.7. The number of aromatic hydroxyl groups is 1. The molecule has 0 aromatic heterocycles. The van der Waals surface area contributed by atoms with E-state index in [0.29, 0.717) is 5.56 Å². The minimum absolute atomic E-state index is 0.0894. The summed E-state index contributed by atoms with van der Waals surface area (Å²) in [5, 5.41) is 15.7. The van der Waals surface area contributed by atoms with Crippen LogP contribution in [0.5, 0.6) is 11.5 Å². The average Bonchev–Trinajstić information content (AvgIpc) is 2.79. The molecule has 158 valence electrons. The van der Waals surface area contributed by atoms with Crippen molar-refractivity contribution in [3.05, 3.63) is 107 Å². The van der Waals surface area contributed by atoms with Gasteiger partial charge in [-0.3, -0.25) is 4.79 Å². The highest BCUT2D eigenvalue weighted by atomic mass is 19.1. The first kappa shape index (κ1) is 20.7. The first-order valence-corrected chi connectivity index (χ1v) is 9.62. The maximum Gasteiger partial charge on any atom is 0.343 e. The van der Waals surface area contributed by atoms with E-state index in [-0.39, 0.29) is 22.6 Å². The van der Waals surface area contributed by atoms with Crippen LogP contribution in [0.3, 0.4) is 0 Å². The zero-order chi connectivity index (χ0) is 22.5. The molecule has 4 aromatic rings. The molecule has 0 aliphatic carbocycles. The van der Waals surface area contributed by atoms with E-state index in [9.17, 15) is 19.1 Å². The van der Waals surface area contributed by atoms with E-state index in [1.54, 1.807) is 30.3 Å². The predicted molar refractivity (Wildman–Crippen MR) is 118 cm³/mol. The van der Waals surface area contributed by atoms with Crippen LogP contribution >= 0.6 is 0 Å². The van der Waals surface area contributed by atoms with Gasteiger partial charge in [-0.1, -0.05) is 42.5 Å². The topological polar surface area (TPSA) is 88.0 Å². The summed E-state index contributed by atoms with van der Waals surface area (Å²) in [6.45, 7) is 0. The molecule has 0 aliphatic heterocycles. The van der Waals surface area contributed by atoms with Crippen LogP contribution in [-0.2, 0) is 0 Å². The van der Waals surface area contributed by atoms with Gasteiger partial charge in [0.1, 0.15) is 17.3 Å². The first-order valence-electron chi connectivity index (χ1n) is 9.62. The molecule has 6 nitrogen and oxygen atoms in total. The fourth-order valence-electron chi connectivity index (χ4n) is 3.08. The number of nitrogens with zero attached hydrogens (tertiary/aromatic N) is 1. The Hall–Kier alpha value is -4.52. The second kappa shape index (κ2) is 9.09. The van der Waals surface area contributed by atoms with Crippen molar-refractivity contribution in [3.63, 3.8) is 0 Å². The van der Waals surface area contributed by atoms with Gasteiger partial charge in [0.25, 0.3) is 5.91 Å². The average molecular weight is 428 g/mol. The molecular weight excluding hydrogens is 411 g/mol. The number of phenols is 1. The normalized spacial score (nSPS) is 10.9. The molecule has 0 bridgehead atoms. The number of hydrogen-bond donors (Lipinski definition) is 2. The van der Waals surface area contributed by atoms with Gasteiger partial charge in [-0.15, -0.1) is 0 Å². The number of rotatable bonds is 5. The van der Waals surface area contributed by atoms with Crippen molar-refractivity contribution in [2.24, 2.45) is 5.10 Å². The molecule has 0 fully saturated rings. The van der Waals surface area contributed by atoms with Gasteiger partial charge < -0.3 is 9.84 Å². The van der Waals surface area contributed by atoms with Gasteiger partial charge in [-0.2, -0.15) is 5.10 Å². The highest BCUT2D eigenvalue weighted by Gasteiger charge is 2.12. The molecular formula is C25H17FN2O4. The number of ether oxygens (including phenoxy) is 1. The monoisotopic (exact) mass is 428 g/mol. The molecule has 4 aromatic carbocycles. The number of hydrazone groups is 1. The van der Waals surface area contributed by atoms with E-state index in [1.807, 2.05) is 24.3 Å². The summed E-state index contributed by atoms with van der Waals surface area (Å²) in [7, 11) is 0. The van der Waals surface area contributed by atoms with Crippen molar-refractivity contribution < 1.29 is 23.8 Å². The highest BCUT2D eigenvalue weighted by Crippen LogP contribution is 2.24. The van der Waals surface area contributed by atoms with Gasteiger partial charge in [0.2, 0.25) is 0 Å². The molecule has 0 atom stereocenters. The maximum absolute atomic E-state index is 13.3. The molecule has 0 saturated carbocycles. The molecule has 0 spiro atoms. The summed E-state index contributed by atoms with van der Waals surface area (Å²) in [5.41, 5.74) is 3.11. The Balaban J connectivity index is 1.43. The van der Waals surface area contributed by atoms with Crippen molar-refractivity contribution in [1.29, 1.82) is 0 Å². The SMILES string of the molecule is O=C(Oc1cccc(/C=N/NC(=O)c2cc3ccccc3cc2O)c1)c1cccc(F)c1. The lowest BCUT2D eigenvalue weighted by molar-refractivity contribution is 0.0734. The molecule has 0 aliphatic rings. The van der Waals surface area contributed by atoms with E-state index < -0.39 is 17.7 Å². The second-order valence-corrected chi connectivity index (χ2v) is 6.89. The summed E-state index contributed by atoms with van der Waals surface area (Å²) in [4.78, 5) is 24.6. The smallest absolute Gasteiger partial charge is 0.343 e. The molecule has 1 amide bonds. The number of benzene rings is 4. The Morgan fingerprint density at radius 1 is 0.906 bits per heavy atom. The first-order chi connectivity index (χ1) is 15.5. The number of carbonyl (C=O) groups excluding carboxylic acids is 2. The van der Waals surface area contributed by atoms with Crippen LogP contribution in [0, 0.1) is 5.82 Å². The van der Waals surface area contributed by atoms with Crippen molar-refractivity contribution in [1.82, 2.24) is 5.43 Å². The van der Waals surface area contributed by atoms with Gasteiger partial charge in [0.05, 0.1) is 17.3 Å². The van der Waals surface area contributed by atoms with Gasteiger partial charge in [0, 0.05) is 0 Å². The lowest BCUT2D eigenvalue weighted by Crippen LogP contribution is -2.17. The quantitative estimate of drug-likeness (QED) is 0.209. The number of hydrogen-bond acceptors (Lipinski definition) is 5. The molecule has 2 N–H and O–H groups in total. The van der Waals surface area contributed by atoms with E-state index in [2.05, 4.69) is 10.5 Å². The molecule has 7 heteroatoms. The van der Waals surface area contributed by atoms with Crippen LogP contribution in [0.15, 0.2) is 90.0 Å². The Bertz CT molecular complexity index is 1350. The Labute approximate surface area is 182 Å². The number of fused-ring (bicyclic) bond motifs is 1. The highest BCUT2D eigenvalue weighted by molar-refractivity contribution is 6.01. The number of esters is 1. The van der Waals surface area contributed by atoms with Crippen molar-refractivity contribution >= 4 is 28.9 Å². The number of amides is 1. The molecule has 0 heterocycles. The van der Waals surface area contributed by atoms with E-state index in [0.717, 1.165) is 16.8 Å². The lowest BCUT2D eigenvalue weighted by atomic mass is 10.1. The molecule has 0 unspecified atom stereocenters.